The number of carbonyl (C=O) groups is 6. The first kappa shape index (κ1) is 66.5. The van der Waals surface area contributed by atoms with Crippen molar-refractivity contribution < 1.29 is 43.4 Å². The normalized spacial score (nSPS) is 14.3. The van der Waals surface area contributed by atoms with Gasteiger partial charge in [0.05, 0.1) is 11.1 Å². The van der Waals surface area contributed by atoms with E-state index in [2.05, 4.69) is 37.7 Å². The van der Waals surface area contributed by atoms with Crippen LogP contribution in [0.15, 0.2) is 200 Å². The number of nitrogens with zero attached hydrogens (tertiary/aromatic N) is 3. The molecule has 506 valence electrons. The van der Waals surface area contributed by atoms with E-state index in [9.17, 15) is 33.9 Å². The van der Waals surface area contributed by atoms with E-state index < -0.39 is 17.5 Å². The Morgan fingerprint density at radius 3 is 1.84 bits per heavy atom. The highest BCUT2D eigenvalue weighted by Crippen LogP contribution is 2.49. The Hall–Kier alpha value is -10.8. The van der Waals surface area contributed by atoms with Crippen LogP contribution >= 0.6 is 0 Å². The van der Waals surface area contributed by atoms with Crippen LogP contribution in [-0.2, 0) is 52.3 Å². The fourth-order valence-electron chi connectivity index (χ4n) is 15.5. The molecule has 0 radical (unpaired) electrons. The van der Waals surface area contributed by atoms with Gasteiger partial charge in [-0.25, -0.2) is 14.9 Å². The molecular weight excluding hydrogens is 1250 g/mol. The highest BCUT2D eigenvalue weighted by atomic mass is 16.7. The molecule has 0 aromatic heterocycles. The molecule has 9 aromatic carbocycles. The van der Waals surface area contributed by atoms with Crippen LogP contribution < -0.4 is 40.9 Å². The minimum absolute atomic E-state index is 0.0495. The molecular formula is C85H83N6O9+. The zero-order valence-electron chi connectivity index (χ0n) is 56.4. The summed E-state index contributed by atoms with van der Waals surface area (Å²) in [6, 6.07) is 61.9. The van der Waals surface area contributed by atoms with E-state index in [-0.39, 0.29) is 67.1 Å². The van der Waals surface area contributed by atoms with Gasteiger partial charge in [-0.2, -0.15) is 0 Å². The molecule has 100 heavy (non-hydrogen) atoms. The van der Waals surface area contributed by atoms with E-state index in [0.29, 0.717) is 40.8 Å². The first-order valence-corrected chi connectivity index (χ1v) is 35.6. The number of anilines is 2. The number of carboxylic acid groups (broad SMARTS) is 1. The minimum atomic E-state index is -1.10. The lowest BCUT2D eigenvalue weighted by Gasteiger charge is -2.35. The number of amides is 4. The molecule has 5 aliphatic rings. The number of fused-ring (bicyclic) bond motifs is 4. The number of aryl methyl sites for hydroxylation is 2. The first-order chi connectivity index (χ1) is 49.0. The minimum Gasteiger partial charge on any atom is -0.478 e. The van der Waals surface area contributed by atoms with Crippen LogP contribution in [0.3, 0.4) is 0 Å². The lowest BCUT2D eigenvalue weighted by atomic mass is 9.80. The average molecular weight is 1330 g/mol. The number of aromatic carboxylic acids is 1. The molecule has 4 amide bonds. The van der Waals surface area contributed by atoms with Crippen molar-refractivity contribution in [3.63, 3.8) is 0 Å². The van der Waals surface area contributed by atoms with Gasteiger partial charge in [0.1, 0.15) is 24.6 Å². The summed E-state index contributed by atoms with van der Waals surface area (Å²) in [5.41, 5.74) is 15.6. The molecule has 14 rings (SSSR count). The smallest absolute Gasteiger partial charge is 0.336 e. The van der Waals surface area contributed by atoms with Crippen LogP contribution in [0.2, 0.25) is 0 Å². The van der Waals surface area contributed by atoms with Gasteiger partial charge in [0.25, 0.3) is 11.8 Å². The second-order valence-corrected chi connectivity index (χ2v) is 26.9. The molecule has 4 N–H and O–H groups in total. The molecule has 0 aliphatic carbocycles. The molecule has 0 fully saturated rings. The lowest BCUT2D eigenvalue weighted by molar-refractivity contribution is -0.143. The number of unbranched alkanes of at least 4 members (excludes halogenated alkanes) is 3. The standard InChI is InChI=1S/C85H82N6O9/c92-74(35-15-1-2-16-36-75(93)88-100-85(64-27-9-4-10-28-64,65-29-11-5-12-30-65)66-31-13-6-14-32-66)87-67-44-41-60(42-45-67)83(96)91(56-57-37-39-59(40-38-57)79(94)58-23-7-3-8-24-58)52-47-86-82(95)63-43-46-68(84(97)98)71(55-63)76-72-53-61-25-17-19-48-89-50-21-33-69(77(61)89)80(72)99-81-70-34-22-51-90-49-20-18-26-62(78(70)90)54-73(76)81/h3-14,23-24,27-32,37-46,53-55H,1-2,15-22,25-26,33-36,47-52,56H2,(H3-,86,87,88,92,93,95,96,97,98)/p+1. The van der Waals surface area contributed by atoms with Crippen molar-refractivity contribution in [3.8, 4) is 11.5 Å². The molecule has 0 bridgehead atoms. The zero-order chi connectivity index (χ0) is 68.5. The summed E-state index contributed by atoms with van der Waals surface area (Å²) in [6.45, 7) is 4.24. The number of nitrogens with one attached hydrogen (secondary N) is 3. The number of hydroxylamine groups is 1. The van der Waals surface area contributed by atoms with Crippen LogP contribution in [0, 0.1) is 0 Å². The van der Waals surface area contributed by atoms with Crippen LogP contribution in [-0.4, -0.2) is 84.7 Å². The Morgan fingerprint density at radius 2 is 1.15 bits per heavy atom. The van der Waals surface area contributed by atoms with Gasteiger partial charge in [-0.05, 0) is 152 Å². The number of hydrogen-bond donors (Lipinski definition) is 4. The second-order valence-electron chi connectivity index (χ2n) is 26.9. The molecule has 5 heterocycles. The van der Waals surface area contributed by atoms with Gasteiger partial charge in [-0.3, -0.25) is 28.8 Å². The van der Waals surface area contributed by atoms with Crippen LogP contribution in [0.5, 0.6) is 11.5 Å². The third-order valence-corrected chi connectivity index (χ3v) is 20.4. The maximum atomic E-state index is 14.8. The summed E-state index contributed by atoms with van der Waals surface area (Å²) in [4.78, 5) is 93.9. The molecule has 0 unspecified atom stereocenters. The molecule has 9 aromatic rings. The van der Waals surface area contributed by atoms with Crippen molar-refractivity contribution in [2.24, 2.45) is 0 Å². The quantitative estimate of drug-likeness (QED) is 0.0149. The number of carbonyl (C=O) groups excluding carboxylic acids is 5. The maximum absolute atomic E-state index is 14.8. The maximum Gasteiger partial charge on any atom is 0.336 e. The van der Waals surface area contributed by atoms with E-state index in [4.69, 9.17) is 9.57 Å². The summed E-state index contributed by atoms with van der Waals surface area (Å²) in [5.74, 6) is -0.791. The van der Waals surface area contributed by atoms with Crippen LogP contribution in [0.1, 0.15) is 180 Å². The second kappa shape index (κ2) is 30.1. The number of benzene rings is 9. The number of hydrogen-bond acceptors (Lipinski definition) is 9. The summed E-state index contributed by atoms with van der Waals surface area (Å²) >= 11 is 0. The summed E-state index contributed by atoms with van der Waals surface area (Å²) in [6.07, 6.45) is 13.0. The van der Waals surface area contributed by atoms with Crippen molar-refractivity contribution in [1.29, 1.82) is 0 Å². The van der Waals surface area contributed by atoms with Crippen molar-refractivity contribution in [2.45, 2.75) is 115 Å². The van der Waals surface area contributed by atoms with Crippen molar-refractivity contribution in [2.75, 3.05) is 49.5 Å². The van der Waals surface area contributed by atoms with E-state index in [1.165, 1.54) is 33.3 Å². The Bertz CT molecular complexity index is 4600. The molecule has 0 saturated heterocycles. The number of carboxylic acids is 1. The van der Waals surface area contributed by atoms with Crippen molar-refractivity contribution in [1.82, 2.24) is 20.3 Å². The Kier molecular flexibility index (Phi) is 20.0. The van der Waals surface area contributed by atoms with Crippen LogP contribution in [0.25, 0.3) is 5.57 Å². The lowest BCUT2D eigenvalue weighted by Crippen LogP contribution is -2.41. The van der Waals surface area contributed by atoms with E-state index in [1.54, 1.807) is 71.6 Å². The van der Waals surface area contributed by atoms with Gasteiger partial charge in [-0.15, -0.1) is 0 Å². The zero-order valence-corrected chi connectivity index (χ0v) is 56.4. The largest absolute Gasteiger partial charge is 0.478 e. The summed E-state index contributed by atoms with van der Waals surface area (Å²) in [7, 11) is 0. The fraction of sp³-hybridized carbons (Fsp3) is 0.282. The molecule has 0 saturated carbocycles. The topological polar surface area (TPSA) is 187 Å². The van der Waals surface area contributed by atoms with Gasteiger partial charge < -0.3 is 30.3 Å². The average Bonchev–Trinajstić information content (AvgIpc) is 0.938. The van der Waals surface area contributed by atoms with Gasteiger partial charge in [-0.1, -0.05) is 158 Å². The van der Waals surface area contributed by atoms with Gasteiger partial charge in [0, 0.05) is 120 Å². The monoisotopic (exact) mass is 1330 g/mol. The fourth-order valence-corrected chi connectivity index (χ4v) is 15.5. The molecule has 15 heteroatoms. The van der Waals surface area contributed by atoms with E-state index in [1.807, 2.05) is 121 Å². The highest BCUT2D eigenvalue weighted by Gasteiger charge is 2.40. The Balaban J connectivity index is 0.657. The number of ether oxygens (including phenoxy) is 1. The van der Waals surface area contributed by atoms with E-state index >= 15 is 0 Å². The molecule has 15 nitrogen and oxygen atoms in total. The van der Waals surface area contributed by atoms with Crippen molar-refractivity contribution in [3.05, 3.63) is 294 Å². The molecule has 5 aliphatic heterocycles. The predicted molar refractivity (Wildman–Crippen MR) is 388 cm³/mol. The van der Waals surface area contributed by atoms with Gasteiger partial charge in [0.15, 0.2) is 11.4 Å². The molecule has 0 atom stereocenters. The number of ketones is 1. The Morgan fingerprint density at radius 1 is 0.550 bits per heavy atom. The SMILES string of the molecule is O=C(CCCCCCC(=O)Nc1ccc(C(=O)N(CCNC(=O)c2ccc(C(=O)O)c(C3=c4cc5c6c(c4Oc4c3cc3c7c4CCCN7CCCC3)CCC[N+]=6CCCC5)c2)Cc2ccc(C(=O)c3ccccc3)cc2)cc1)NOC(c1ccccc1)(c1ccccc1)c1ccccc1. The Labute approximate surface area is 583 Å². The summed E-state index contributed by atoms with van der Waals surface area (Å²) in [5, 5.41) is 19.3. The highest BCUT2D eigenvalue weighted by molar-refractivity contribution is 6.09. The third kappa shape index (κ3) is 14.0. The summed E-state index contributed by atoms with van der Waals surface area (Å²) < 4.78 is 9.87. The van der Waals surface area contributed by atoms with Crippen LogP contribution in [0.4, 0.5) is 11.4 Å². The molecule has 0 spiro atoms. The van der Waals surface area contributed by atoms with Crippen molar-refractivity contribution >= 4 is 52.3 Å². The first-order valence-electron chi connectivity index (χ1n) is 35.6. The predicted octanol–water partition coefficient (Wildman–Crippen LogP) is 13.2. The van der Waals surface area contributed by atoms with Gasteiger partial charge in [0.2, 0.25) is 17.2 Å². The van der Waals surface area contributed by atoms with Gasteiger partial charge >= 0.3 is 5.97 Å². The van der Waals surface area contributed by atoms with E-state index in [0.717, 1.165) is 153 Å². The third-order valence-electron chi connectivity index (χ3n) is 20.4. The number of rotatable bonds is 24.